The Morgan fingerprint density at radius 2 is 2.04 bits per heavy atom. The number of amides is 1. The molecule has 2 N–H and O–H groups in total. The fraction of sp³-hybridized carbons (Fsp3) is 0.375. The maximum absolute atomic E-state index is 12.4. The number of benzene rings is 1. The van der Waals surface area contributed by atoms with Gasteiger partial charge in [-0.05, 0) is 50.8 Å². The molecule has 120 valence electrons. The predicted molar refractivity (Wildman–Crippen MR) is 82.5 cm³/mol. The number of nitrogens with zero attached hydrogens (tertiary/aromatic N) is 3. The first kappa shape index (κ1) is 15.2. The van der Waals surface area contributed by atoms with Crippen LogP contribution in [0.4, 0.5) is 0 Å². The van der Waals surface area contributed by atoms with Crippen LogP contribution in [-0.2, 0) is 4.79 Å². The van der Waals surface area contributed by atoms with Crippen LogP contribution in [-0.4, -0.2) is 37.5 Å². The van der Waals surface area contributed by atoms with Crippen LogP contribution in [0.3, 0.4) is 0 Å². The Kier molecular flexibility index (Phi) is 3.63. The number of carboxylic acids is 1. The normalized spacial score (nSPS) is 15.7. The lowest BCUT2D eigenvalue weighted by atomic mass is 9.76. The van der Waals surface area contributed by atoms with E-state index >= 15 is 0 Å². The molecule has 1 heterocycles. The van der Waals surface area contributed by atoms with Gasteiger partial charge in [-0.15, -0.1) is 5.10 Å². The molecule has 0 atom stereocenters. The molecule has 7 heteroatoms. The quantitative estimate of drug-likeness (QED) is 0.894. The summed E-state index contributed by atoms with van der Waals surface area (Å²) < 4.78 is 1.58. The van der Waals surface area contributed by atoms with Gasteiger partial charge in [0.05, 0.1) is 11.4 Å². The molecule has 7 nitrogen and oxygen atoms in total. The Labute approximate surface area is 133 Å². The van der Waals surface area contributed by atoms with E-state index in [0.29, 0.717) is 18.5 Å². The first-order valence-corrected chi connectivity index (χ1v) is 7.48. The van der Waals surface area contributed by atoms with Crippen molar-refractivity contribution in [2.24, 2.45) is 0 Å². The Hall–Kier alpha value is -2.70. The second-order valence-electron chi connectivity index (χ2n) is 5.97. The van der Waals surface area contributed by atoms with E-state index in [1.54, 1.807) is 11.6 Å². The van der Waals surface area contributed by atoms with E-state index in [0.717, 1.165) is 17.7 Å². The van der Waals surface area contributed by atoms with E-state index in [4.69, 9.17) is 0 Å². The van der Waals surface area contributed by atoms with Crippen LogP contribution in [0.5, 0.6) is 0 Å². The highest BCUT2D eigenvalue weighted by atomic mass is 16.4. The van der Waals surface area contributed by atoms with Crippen LogP contribution < -0.4 is 5.32 Å². The molecule has 0 aliphatic heterocycles. The van der Waals surface area contributed by atoms with Gasteiger partial charge in [-0.25, -0.2) is 9.48 Å². The van der Waals surface area contributed by atoms with Crippen molar-refractivity contribution in [1.82, 2.24) is 20.3 Å². The summed E-state index contributed by atoms with van der Waals surface area (Å²) in [5.41, 5.74) is 1.46. The fourth-order valence-electron chi connectivity index (χ4n) is 2.74. The van der Waals surface area contributed by atoms with Crippen LogP contribution in [0.25, 0.3) is 5.69 Å². The largest absolute Gasteiger partial charge is 0.480 e. The van der Waals surface area contributed by atoms with Gasteiger partial charge in [-0.3, -0.25) is 4.79 Å². The highest BCUT2D eigenvalue weighted by Gasteiger charge is 2.46. The minimum atomic E-state index is -1.16. The highest BCUT2D eigenvalue weighted by Crippen LogP contribution is 2.32. The molecule has 3 rings (SSSR count). The Morgan fingerprint density at radius 1 is 1.30 bits per heavy atom. The third-order valence-corrected chi connectivity index (χ3v) is 4.33. The summed E-state index contributed by atoms with van der Waals surface area (Å²) in [6.07, 6.45) is 1.68. The van der Waals surface area contributed by atoms with Gasteiger partial charge in [-0.1, -0.05) is 17.3 Å². The first-order valence-electron chi connectivity index (χ1n) is 7.48. The topological polar surface area (TPSA) is 97.1 Å². The number of aromatic nitrogens is 3. The molecule has 2 aromatic rings. The van der Waals surface area contributed by atoms with Gasteiger partial charge in [0.15, 0.2) is 5.69 Å². The molecular weight excluding hydrogens is 296 g/mol. The third-order valence-electron chi connectivity index (χ3n) is 4.33. The Bertz CT molecular complexity index is 777. The summed E-state index contributed by atoms with van der Waals surface area (Å²) >= 11 is 0. The van der Waals surface area contributed by atoms with Crippen molar-refractivity contribution in [3.8, 4) is 5.69 Å². The van der Waals surface area contributed by atoms with Gasteiger partial charge in [0.25, 0.3) is 5.91 Å². The lowest BCUT2D eigenvalue weighted by Gasteiger charge is -2.37. The van der Waals surface area contributed by atoms with Crippen molar-refractivity contribution in [3.63, 3.8) is 0 Å². The molecule has 1 aromatic heterocycles. The van der Waals surface area contributed by atoms with E-state index in [9.17, 15) is 14.7 Å². The van der Waals surface area contributed by atoms with Gasteiger partial charge in [-0.2, -0.15) is 0 Å². The minimum Gasteiger partial charge on any atom is -0.480 e. The number of carbonyl (C=O) groups excluding carboxylic acids is 1. The summed E-state index contributed by atoms with van der Waals surface area (Å²) in [6.45, 7) is 3.71. The lowest BCUT2D eigenvalue weighted by molar-refractivity contribution is -0.148. The van der Waals surface area contributed by atoms with Crippen molar-refractivity contribution in [2.45, 2.75) is 38.6 Å². The van der Waals surface area contributed by atoms with Crippen LogP contribution in [0.15, 0.2) is 24.3 Å². The van der Waals surface area contributed by atoms with Gasteiger partial charge < -0.3 is 10.4 Å². The molecular formula is C16H18N4O3. The molecule has 0 unspecified atom stereocenters. The minimum absolute atomic E-state index is 0.152. The number of aryl methyl sites for hydroxylation is 1. The average Bonchev–Trinajstić information content (AvgIpc) is 2.84. The summed E-state index contributed by atoms with van der Waals surface area (Å²) in [4.78, 5) is 23.8. The summed E-state index contributed by atoms with van der Waals surface area (Å²) in [5.74, 6) is -1.50. The second-order valence-corrected chi connectivity index (χ2v) is 5.97. The summed E-state index contributed by atoms with van der Waals surface area (Å²) in [6, 6.07) is 7.69. The van der Waals surface area contributed by atoms with Gasteiger partial charge in [0, 0.05) is 0 Å². The molecule has 23 heavy (non-hydrogen) atoms. The molecule has 1 saturated carbocycles. The van der Waals surface area contributed by atoms with Crippen molar-refractivity contribution in [2.75, 3.05) is 0 Å². The zero-order valence-electron chi connectivity index (χ0n) is 13.0. The number of aliphatic carboxylic acids is 1. The van der Waals surface area contributed by atoms with Gasteiger partial charge >= 0.3 is 5.97 Å². The van der Waals surface area contributed by atoms with E-state index in [1.807, 2.05) is 31.2 Å². The second kappa shape index (κ2) is 5.49. The molecule has 1 aliphatic rings. The van der Waals surface area contributed by atoms with Crippen molar-refractivity contribution >= 4 is 11.9 Å². The summed E-state index contributed by atoms with van der Waals surface area (Å²) in [7, 11) is 0. The molecule has 0 radical (unpaired) electrons. The SMILES string of the molecule is Cc1cccc(-n2nnc(C(=O)NC3(C(=O)O)CCC3)c2C)c1. The number of carboxylic acid groups (broad SMARTS) is 1. The Balaban J connectivity index is 1.87. The fourth-order valence-corrected chi connectivity index (χ4v) is 2.74. The number of carbonyl (C=O) groups is 2. The van der Waals surface area contributed by atoms with Crippen molar-refractivity contribution in [1.29, 1.82) is 0 Å². The lowest BCUT2D eigenvalue weighted by Crippen LogP contribution is -2.59. The third kappa shape index (κ3) is 2.58. The maximum Gasteiger partial charge on any atom is 0.329 e. The predicted octanol–water partition coefficient (Wildman–Crippen LogP) is 1.62. The van der Waals surface area contributed by atoms with Gasteiger partial charge in [0.1, 0.15) is 5.54 Å². The number of hydrogen-bond donors (Lipinski definition) is 2. The van der Waals surface area contributed by atoms with Crippen molar-refractivity contribution in [3.05, 3.63) is 41.2 Å². The molecule has 0 saturated heterocycles. The molecule has 1 aliphatic carbocycles. The molecule has 0 spiro atoms. The standard InChI is InChI=1S/C16H18N4O3/c1-10-5-3-6-12(9-10)20-11(2)13(18-19-20)14(21)17-16(15(22)23)7-4-8-16/h3,5-6,9H,4,7-8H2,1-2H3,(H,17,21)(H,22,23). The van der Waals surface area contributed by atoms with Gasteiger partial charge in [0.2, 0.25) is 0 Å². The van der Waals surface area contributed by atoms with E-state index in [2.05, 4.69) is 15.6 Å². The Morgan fingerprint density at radius 3 is 2.61 bits per heavy atom. The zero-order chi connectivity index (χ0) is 16.6. The first-order chi connectivity index (χ1) is 10.9. The van der Waals surface area contributed by atoms with E-state index < -0.39 is 17.4 Å². The van der Waals surface area contributed by atoms with Crippen LogP contribution in [0.1, 0.15) is 41.0 Å². The highest BCUT2D eigenvalue weighted by molar-refractivity contribution is 5.97. The molecule has 1 aromatic carbocycles. The van der Waals surface area contributed by atoms with Crippen molar-refractivity contribution < 1.29 is 14.7 Å². The monoisotopic (exact) mass is 314 g/mol. The smallest absolute Gasteiger partial charge is 0.329 e. The maximum atomic E-state index is 12.4. The van der Waals surface area contributed by atoms with E-state index in [1.165, 1.54) is 0 Å². The number of nitrogens with one attached hydrogen (secondary N) is 1. The van der Waals surface area contributed by atoms with E-state index in [-0.39, 0.29) is 5.69 Å². The summed E-state index contributed by atoms with van der Waals surface area (Å²) in [5, 5.41) is 19.9. The average molecular weight is 314 g/mol. The van der Waals surface area contributed by atoms with Crippen LogP contribution in [0, 0.1) is 13.8 Å². The molecule has 1 fully saturated rings. The number of hydrogen-bond acceptors (Lipinski definition) is 4. The zero-order valence-corrected chi connectivity index (χ0v) is 13.0. The molecule has 1 amide bonds. The number of rotatable bonds is 4. The van der Waals surface area contributed by atoms with Crippen LogP contribution >= 0.6 is 0 Å². The van der Waals surface area contributed by atoms with Crippen LogP contribution in [0.2, 0.25) is 0 Å². The molecule has 0 bridgehead atoms.